The van der Waals surface area contributed by atoms with Gasteiger partial charge in [-0.15, -0.1) is 0 Å². The minimum Gasteiger partial charge on any atom is -0.376 e. The van der Waals surface area contributed by atoms with Crippen molar-refractivity contribution in [3.63, 3.8) is 0 Å². The summed E-state index contributed by atoms with van der Waals surface area (Å²) in [7, 11) is 1.83. The molecule has 1 heterocycles. The predicted molar refractivity (Wildman–Crippen MR) is 49.0 cm³/mol. The van der Waals surface area contributed by atoms with Crippen molar-refractivity contribution >= 4 is 14.8 Å². The van der Waals surface area contributed by atoms with Crippen molar-refractivity contribution in [3.05, 3.63) is 0 Å². The maximum Gasteiger partial charge on any atom is 0.523 e. The molecule has 0 spiro atoms. The van der Waals surface area contributed by atoms with Crippen molar-refractivity contribution in [1.82, 2.24) is 20.2 Å². The van der Waals surface area contributed by atoms with Gasteiger partial charge in [0, 0.05) is 21.3 Å². The number of anilines is 1. The Bertz CT molecular complexity index is 280. The van der Waals surface area contributed by atoms with E-state index in [9.17, 15) is 0 Å². The second-order valence-electron chi connectivity index (χ2n) is 2.49. The lowest BCUT2D eigenvalue weighted by Crippen LogP contribution is -2.48. The molecule has 0 unspecified atom stereocenters. The molecule has 0 fully saturated rings. The summed E-state index contributed by atoms with van der Waals surface area (Å²) in [5.74, 6) is 0.202. The van der Waals surface area contributed by atoms with Gasteiger partial charge in [-0.1, -0.05) is 5.10 Å². The van der Waals surface area contributed by atoms with E-state index < -0.39 is 8.80 Å². The highest BCUT2D eigenvalue weighted by Crippen LogP contribution is 2.09. The molecule has 0 bridgehead atoms. The molecule has 0 aliphatic heterocycles. The molecule has 0 atom stereocenters. The predicted octanol–water partition coefficient (Wildman–Crippen LogP) is -1.33. The van der Waals surface area contributed by atoms with Gasteiger partial charge in [0.2, 0.25) is 5.95 Å². The Hall–Kier alpha value is -1.03. The highest BCUT2D eigenvalue weighted by atomic mass is 28.4. The first-order valence-corrected chi connectivity index (χ1v) is 5.77. The number of rotatable bonds is 5. The van der Waals surface area contributed by atoms with Crippen molar-refractivity contribution in [2.75, 3.05) is 27.1 Å². The first-order valence-electron chi connectivity index (χ1n) is 3.84. The van der Waals surface area contributed by atoms with Crippen LogP contribution in [0, 0.1) is 0 Å². The number of hydrogen-bond acceptors (Lipinski definition) is 7. The van der Waals surface area contributed by atoms with Crippen LogP contribution in [0.15, 0.2) is 0 Å². The van der Waals surface area contributed by atoms with E-state index in [0.717, 1.165) is 0 Å². The fourth-order valence-corrected chi connectivity index (χ4v) is 2.43. The normalized spacial score (nSPS) is 11.9. The van der Waals surface area contributed by atoms with E-state index in [-0.39, 0.29) is 12.1 Å². The molecular formula is C5H13N5O3Si. The van der Waals surface area contributed by atoms with Crippen LogP contribution in [-0.2, 0) is 19.4 Å². The first kappa shape index (κ1) is 11.0. The van der Waals surface area contributed by atoms with Crippen LogP contribution in [0.5, 0.6) is 0 Å². The van der Waals surface area contributed by atoms with E-state index in [0.29, 0.717) is 0 Å². The van der Waals surface area contributed by atoms with E-state index in [2.05, 4.69) is 15.5 Å². The fourth-order valence-electron chi connectivity index (χ4n) is 0.951. The number of nitrogen functional groups attached to an aromatic ring is 1. The zero-order valence-corrected chi connectivity index (χ0v) is 9.30. The number of aromatic nitrogens is 4. The summed E-state index contributed by atoms with van der Waals surface area (Å²) in [6, 6.07) is 0. The molecule has 0 saturated heterocycles. The summed E-state index contributed by atoms with van der Waals surface area (Å²) in [6.07, 6.45) is 0.287. The fraction of sp³-hybridized carbons (Fsp3) is 0.800. The van der Waals surface area contributed by atoms with Gasteiger partial charge in [0.15, 0.2) is 0 Å². The Morgan fingerprint density at radius 3 is 2.21 bits per heavy atom. The molecule has 0 radical (unpaired) electrons. The van der Waals surface area contributed by atoms with Crippen molar-refractivity contribution in [2.45, 2.75) is 6.17 Å². The summed E-state index contributed by atoms with van der Waals surface area (Å²) in [4.78, 5) is 0. The topological polar surface area (TPSA) is 97.3 Å². The summed E-state index contributed by atoms with van der Waals surface area (Å²) >= 11 is 0. The molecule has 14 heavy (non-hydrogen) atoms. The standard InChI is InChI=1S/C5H13N5O3Si/c1-11-14(12-2,13-3)4-10-5(6)7-8-9-10/h4H2,1-3H3,(H2,6,7,9). The molecule has 80 valence electrons. The van der Waals surface area contributed by atoms with E-state index >= 15 is 0 Å². The highest BCUT2D eigenvalue weighted by Gasteiger charge is 2.39. The van der Waals surface area contributed by atoms with Gasteiger partial charge in [-0.25, -0.2) is 4.68 Å². The van der Waals surface area contributed by atoms with Crippen molar-refractivity contribution in [3.8, 4) is 0 Å². The lowest BCUT2D eigenvalue weighted by atomic mass is 11.0. The van der Waals surface area contributed by atoms with Crippen LogP contribution in [0.3, 0.4) is 0 Å². The Morgan fingerprint density at radius 1 is 1.29 bits per heavy atom. The largest absolute Gasteiger partial charge is 0.523 e. The van der Waals surface area contributed by atoms with Gasteiger partial charge in [-0.3, -0.25) is 0 Å². The van der Waals surface area contributed by atoms with Gasteiger partial charge in [-0.05, 0) is 10.4 Å². The molecule has 2 N–H and O–H groups in total. The van der Waals surface area contributed by atoms with Gasteiger partial charge in [0.1, 0.15) is 6.17 Å². The zero-order chi connectivity index (χ0) is 10.6. The van der Waals surface area contributed by atoms with Crippen LogP contribution in [0.1, 0.15) is 0 Å². The smallest absolute Gasteiger partial charge is 0.376 e. The van der Waals surface area contributed by atoms with Crippen LogP contribution >= 0.6 is 0 Å². The highest BCUT2D eigenvalue weighted by molar-refractivity contribution is 6.59. The van der Waals surface area contributed by atoms with Crippen molar-refractivity contribution < 1.29 is 13.3 Å². The minimum atomic E-state index is -2.71. The minimum absolute atomic E-state index is 0.202. The number of tetrazole rings is 1. The summed E-state index contributed by atoms with van der Waals surface area (Å²) in [5, 5.41) is 10.6. The second-order valence-corrected chi connectivity index (χ2v) is 5.40. The van der Waals surface area contributed by atoms with E-state index in [4.69, 9.17) is 19.0 Å². The van der Waals surface area contributed by atoms with Crippen LogP contribution < -0.4 is 5.73 Å². The maximum absolute atomic E-state index is 5.49. The molecule has 0 aliphatic carbocycles. The zero-order valence-electron chi connectivity index (χ0n) is 8.30. The van der Waals surface area contributed by atoms with Crippen LogP contribution in [-0.4, -0.2) is 50.3 Å². The Morgan fingerprint density at radius 2 is 1.86 bits per heavy atom. The molecule has 0 saturated carbocycles. The van der Waals surface area contributed by atoms with Gasteiger partial charge in [-0.2, -0.15) is 0 Å². The molecule has 1 rings (SSSR count). The summed E-state index contributed by atoms with van der Waals surface area (Å²) in [6.45, 7) is 0. The molecule has 9 heteroatoms. The molecule has 1 aromatic heterocycles. The molecule has 0 amide bonds. The van der Waals surface area contributed by atoms with Gasteiger partial charge < -0.3 is 19.0 Å². The Kier molecular flexibility index (Phi) is 3.52. The van der Waals surface area contributed by atoms with Crippen molar-refractivity contribution in [2.24, 2.45) is 0 Å². The molecule has 0 aliphatic rings. The third-order valence-corrected chi connectivity index (χ3v) is 4.39. The number of hydrogen-bond donors (Lipinski definition) is 1. The van der Waals surface area contributed by atoms with E-state index in [1.165, 1.54) is 26.0 Å². The second kappa shape index (κ2) is 4.46. The maximum atomic E-state index is 5.49. The molecule has 0 aromatic carbocycles. The van der Waals surface area contributed by atoms with E-state index in [1.54, 1.807) is 0 Å². The van der Waals surface area contributed by atoms with Gasteiger partial charge in [0.25, 0.3) is 0 Å². The molecular weight excluding hydrogens is 206 g/mol. The lowest BCUT2D eigenvalue weighted by molar-refractivity contribution is 0.114. The Labute approximate surface area is 82.3 Å². The first-order chi connectivity index (χ1) is 6.67. The van der Waals surface area contributed by atoms with Crippen LogP contribution in [0.2, 0.25) is 0 Å². The van der Waals surface area contributed by atoms with Crippen LogP contribution in [0.4, 0.5) is 5.95 Å². The Balaban J connectivity index is 2.79. The number of nitrogens with zero attached hydrogens (tertiary/aromatic N) is 4. The monoisotopic (exact) mass is 219 g/mol. The third-order valence-electron chi connectivity index (χ3n) is 1.84. The van der Waals surface area contributed by atoms with Gasteiger partial charge in [0.05, 0.1) is 0 Å². The summed E-state index contributed by atoms with van der Waals surface area (Å²) < 4.78 is 16.9. The summed E-state index contributed by atoms with van der Waals surface area (Å²) in [5.41, 5.74) is 5.49. The number of nitrogens with two attached hydrogens (primary N) is 1. The SMILES string of the molecule is CO[Si](Cn1nnnc1N)(OC)OC. The molecule has 8 nitrogen and oxygen atoms in total. The average molecular weight is 219 g/mol. The quantitative estimate of drug-likeness (QED) is 0.613. The van der Waals surface area contributed by atoms with Crippen molar-refractivity contribution in [1.29, 1.82) is 0 Å². The van der Waals surface area contributed by atoms with E-state index in [1.807, 2.05) is 0 Å². The van der Waals surface area contributed by atoms with Crippen LogP contribution in [0.25, 0.3) is 0 Å². The van der Waals surface area contributed by atoms with Gasteiger partial charge >= 0.3 is 8.80 Å². The average Bonchev–Trinajstić information content (AvgIpc) is 2.61. The molecule has 1 aromatic rings. The third kappa shape index (κ3) is 2.07. The lowest BCUT2D eigenvalue weighted by Gasteiger charge is -2.23.